The molecule has 0 radical (unpaired) electrons. The minimum Gasteiger partial charge on any atom is -0.394 e. The van der Waals surface area contributed by atoms with Crippen LogP contribution in [0.5, 0.6) is 0 Å². The summed E-state index contributed by atoms with van der Waals surface area (Å²) in [5.41, 5.74) is 1.87. The van der Waals surface area contributed by atoms with Gasteiger partial charge in [0.25, 0.3) is 11.8 Å². The van der Waals surface area contributed by atoms with Crippen molar-refractivity contribution in [1.29, 1.82) is 0 Å². The summed E-state index contributed by atoms with van der Waals surface area (Å²) in [4.78, 5) is 25.2. The number of hydrogen-bond acceptors (Lipinski definition) is 12. The van der Waals surface area contributed by atoms with Crippen LogP contribution >= 0.6 is 0 Å². The molecule has 0 aromatic heterocycles. The molecule has 0 spiro atoms. The van der Waals surface area contributed by atoms with E-state index in [1.165, 1.54) is 0 Å². The summed E-state index contributed by atoms with van der Waals surface area (Å²) < 4.78 is 22.3. The van der Waals surface area contributed by atoms with Gasteiger partial charge in [-0.15, -0.1) is 0 Å². The van der Waals surface area contributed by atoms with E-state index in [-0.39, 0.29) is 77.4 Å². The lowest BCUT2D eigenvalue weighted by atomic mass is 9.93. The number of benzene rings is 2. The van der Waals surface area contributed by atoms with Crippen LogP contribution in [-0.4, -0.2) is 132 Å². The minimum absolute atomic E-state index is 0.0561. The second-order valence-corrected chi connectivity index (χ2v) is 11.3. The van der Waals surface area contributed by atoms with Gasteiger partial charge >= 0.3 is 0 Å². The van der Waals surface area contributed by atoms with Crippen molar-refractivity contribution >= 4 is 11.8 Å². The first-order valence-corrected chi connectivity index (χ1v) is 15.4. The standard InChI is InChI=1S/C32H44N2O12/c35-17-27-23(37)15-25(39)29(45-27)19-3-1-5-21(13-19)31(41)33-7-9-43-11-12-44-10-8-34-32(42)22-6-2-4-20(14-22)30-26(40)16-24(38)28(18-36)46-30/h1-6,13-14,23-30,35-40H,7-12,15-18H2,(H,33,41)(H,34,42)/t23?,24?,25-,26-,27+,28+,29?,30?/m0/s1. The average Bonchev–Trinajstić information content (AvgIpc) is 3.05. The monoisotopic (exact) mass is 648 g/mol. The molecule has 0 saturated carbocycles. The van der Waals surface area contributed by atoms with Gasteiger partial charge in [-0.1, -0.05) is 24.3 Å². The molecule has 46 heavy (non-hydrogen) atoms. The number of aliphatic hydroxyl groups excluding tert-OH is 6. The second-order valence-electron chi connectivity index (χ2n) is 11.3. The van der Waals surface area contributed by atoms with Gasteiger partial charge < -0.3 is 60.2 Å². The van der Waals surface area contributed by atoms with E-state index in [4.69, 9.17) is 18.9 Å². The molecule has 0 bridgehead atoms. The molecule has 2 aliphatic heterocycles. The first-order chi connectivity index (χ1) is 22.2. The van der Waals surface area contributed by atoms with Gasteiger partial charge in [-0.2, -0.15) is 0 Å². The third kappa shape index (κ3) is 9.75. The Morgan fingerprint density at radius 3 is 1.46 bits per heavy atom. The molecule has 254 valence electrons. The van der Waals surface area contributed by atoms with E-state index >= 15 is 0 Å². The molecule has 2 fully saturated rings. The summed E-state index contributed by atoms with van der Waals surface area (Å²) in [6.45, 7) is 0.805. The van der Waals surface area contributed by atoms with Crippen molar-refractivity contribution in [3.63, 3.8) is 0 Å². The first kappa shape index (κ1) is 35.8. The fourth-order valence-corrected chi connectivity index (χ4v) is 5.43. The SMILES string of the molecule is O=C(NCCOCCOCCNC(=O)c1cccc(C2O[C@H](CO)C(O)C[C@@H]2O)c1)c1cccc(C2O[C@H](CO)C(O)C[C@@H]2O)c1. The lowest BCUT2D eigenvalue weighted by molar-refractivity contribution is -0.181. The molecule has 8 N–H and O–H groups in total. The third-order valence-electron chi connectivity index (χ3n) is 7.92. The summed E-state index contributed by atoms with van der Waals surface area (Å²) in [7, 11) is 0. The normalized spacial score (nSPS) is 28.0. The Kier molecular flexibility index (Phi) is 13.8. The lowest BCUT2D eigenvalue weighted by Gasteiger charge is -2.36. The summed E-state index contributed by atoms with van der Waals surface area (Å²) in [6.07, 6.45) is -6.95. The van der Waals surface area contributed by atoms with Crippen molar-refractivity contribution in [1.82, 2.24) is 10.6 Å². The van der Waals surface area contributed by atoms with Crippen LogP contribution in [0.4, 0.5) is 0 Å². The van der Waals surface area contributed by atoms with Gasteiger partial charge in [0.1, 0.15) is 24.4 Å². The molecular formula is C32H44N2O12. The van der Waals surface area contributed by atoms with Gasteiger partial charge in [-0.25, -0.2) is 0 Å². The molecule has 2 heterocycles. The Balaban J connectivity index is 1.08. The zero-order valence-electron chi connectivity index (χ0n) is 25.4. The molecule has 2 aromatic carbocycles. The molecular weight excluding hydrogens is 604 g/mol. The zero-order chi connectivity index (χ0) is 33.1. The predicted molar refractivity (Wildman–Crippen MR) is 162 cm³/mol. The molecule has 2 amide bonds. The van der Waals surface area contributed by atoms with Crippen LogP contribution in [0.2, 0.25) is 0 Å². The molecule has 2 aromatic rings. The Morgan fingerprint density at radius 1 is 0.652 bits per heavy atom. The number of nitrogens with one attached hydrogen (secondary N) is 2. The van der Waals surface area contributed by atoms with Gasteiger partial charge in [-0.3, -0.25) is 9.59 Å². The third-order valence-corrected chi connectivity index (χ3v) is 7.92. The van der Waals surface area contributed by atoms with Crippen LogP contribution in [0.25, 0.3) is 0 Å². The van der Waals surface area contributed by atoms with Gasteiger partial charge in [0.15, 0.2) is 0 Å². The Hall–Kier alpha value is -3.02. The number of hydrogen-bond donors (Lipinski definition) is 8. The number of ether oxygens (including phenoxy) is 4. The molecule has 2 saturated heterocycles. The van der Waals surface area contributed by atoms with Gasteiger partial charge in [0.2, 0.25) is 0 Å². The van der Waals surface area contributed by atoms with Crippen LogP contribution in [0.15, 0.2) is 48.5 Å². The maximum absolute atomic E-state index is 12.6. The summed E-state index contributed by atoms with van der Waals surface area (Å²) >= 11 is 0. The first-order valence-electron chi connectivity index (χ1n) is 15.4. The van der Waals surface area contributed by atoms with Crippen molar-refractivity contribution in [2.45, 2.75) is 61.7 Å². The highest BCUT2D eigenvalue weighted by Crippen LogP contribution is 2.33. The maximum Gasteiger partial charge on any atom is 0.251 e. The number of aliphatic hydroxyl groups is 6. The molecule has 4 unspecified atom stereocenters. The average molecular weight is 649 g/mol. The van der Waals surface area contributed by atoms with E-state index in [0.717, 1.165) is 0 Å². The van der Waals surface area contributed by atoms with Crippen molar-refractivity contribution < 1.29 is 59.2 Å². The fraction of sp³-hybridized carbons (Fsp3) is 0.562. The molecule has 2 aliphatic rings. The molecule has 14 nitrogen and oxygen atoms in total. The quantitative estimate of drug-likeness (QED) is 0.109. The number of amides is 2. The van der Waals surface area contributed by atoms with E-state index in [2.05, 4.69) is 10.6 Å². The fourth-order valence-electron chi connectivity index (χ4n) is 5.43. The van der Waals surface area contributed by atoms with Crippen LogP contribution in [0.1, 0.15) is 56.9 Å². The van der Waals surface area contributed by atoms with Crippen LogP contribution < -0.4 is 10.6 Å². The van der Waals surface area contributed by atoms with E-state index < -0.39 is 48.8 Å². The van der Waals surface area contributed by atoms with Gasteiger partial charge in [0.05, 0.1) is 64.1 Å². The minimum atomic E-state index is -0.975. The van der Waals surface area contributed by atoms with E-state index in [1.807, 2.05) is 0 Å². The molecule has 14 heteroatoms. The molecule has 8 atom stereocenters. The van der Waals surface area contributed by atoms with Crippen molar-refractivity contribution in [3.8, 4) is 0 Å². The van der Waals surface area contributed by atoms with Crippen molar-refractivity contribution in [3.05, 3.63) is 70.8 Å². The highest BCUT2D eigenvalue weighted by atomic mass is 16.5. The number of rotatable bonds is 15. The molecule has 0 aliphatic carbocycles. The summed E-state index contributed by atoms with van der Waals surface area (Å²) in [5, 5.41) is 64.9. The Labute approximate surface area is 266 Å². The van der Waals surface area contributed by atoms with E-state index in [0.29, 0.717) is 22.3 Å². The zero-order valence-corrected chi connectivity index (χ0v) is 25.4. The summed E-state index contributed by atoms with van der Waals surface area (Å²) in [5.74, 6) is -0.662. The Bertz CT molecular complexity index is 1170. The maximum atomic E-state index is 12.6. The predicted octanol–water partition coefficient (Wildman–Crippen LogP) is -1.03. The molecule has 4 rings (SSSR count). The largest absolute Gasteiger partial charge is 0.394 e. The highest BCUT2D eigenvalue weighted by molar-refractivity contribution is 5.94. The Morgan fingerprint density at radius 2 is 1.07 bits per heavy atom. The smallest absolute Gasteiger partial charge is 0.251 e. The van der Waals surface area contributed by atoms with Gasteiger partial charge in [0, 0.05) is 37.1 Å². The highest BCUT2D eigenvalue weighted by Gasteiger charge is 2.38. The van der Waals surface area contributed by atoms with Gasteiger partial charge in [-0.05, 0) is 35.4 Å². The van der Waals surface area contributed by atoms with E-state index in [9.17, 15) is 40.2 Å². The van der Waals surface area contributed by atoms with Crippen LogP contribution in [0, 0.1) is 0 Å². The topological polar surface area (TPSA) is 216 Å². The van der Waals surface area contributed by atoms with Crippen LogP contribution in [-0.2, 0) is 18.9 Å². The second kappa shape index (κ2) is 17.8. The van der Waals surface area contributed by atoms with Crippen molar-refractivity contribution in [2.75, 3.05) is 52.7 Å². The van der Waals surface area contributed by atoms with Crippen molar-refractivity contribution in [2.24, 2.45) is 0 Å². The van der Waals surface area contributed by atoms with E-state index in [1.54, 1.807) is 48.5 Å². The number of carbonyl (C=O) groups is 2. The number of carbonyl (C=O) groups excluding carboxylic acids is 2. The lowest BCUT2D eigenvalue weighted by Crippen LogP contribution is -2.44. The van der Waals surface area contributed by atoms with Crippen LogP contribution in [0.3, 0.4) is 0 Å². The summed E-state index contributed by atoms with van der Waals surface area (Å²) in [6, 6.07) is 13.2.